The molecule has 0 saturated carbocycles. The van der Waals surface area contributed by atoms with E-state index in [1.54, 1.807) is 24.3 Å². The third-order valence-corrected chi connectivity index (χ3v) is 5.52. The number of halogens is 3. The zero-order valence-electron chi connectivity index (χ0n) is 16.0. The Morgan fingerprint density at radius 1 is 0.903 bits per heavy atom. The fraction of sp³-hybridized carbons (Fsp3) is 0.0435. The molecule has 0 aliphatic rings. The summed E-state index contributed by atoms with van der Waals surface area (Å²) in [4.78, 5) is 12.0. The van der Waals surface area contributed by atoms with Gasteiger partial charge in [-0.25, -0.2) is 5.43 Å². The normalized spacial score (nSPS) is 11.2. The zero-order chi connectivity index (χ0) is 21.8. The van der Waals surface area contributed by atoms with E-state index in [2.05, 4.69) is 15.8 Å². The summed E-state index contributed by atoms with van der Waals surface area (Å²) in [6.45, 7) is 0.0813. The highest BCUT2D eigenvalue weighted by Gasteiger charge is 2.11. The van der Waals surface area contributed by atoms with Crippen LogP contribution >= 0.6 is 34.8 Å². The summed E-state index contributed by atoms with van der Waals surface area (Å²) in [6.07, 6.45) is 1.41. The van der Waals surface area contributed by atoms with Crippen LogP contribution in [0.1, 0.15) is 5.76 Å². The predicted octanol–water partition coefficient (Wildman–Crippen LogP) is 6.62. The maximum atomic E-state index is 12.0. The zero-order valence-corrected chi connectivity index (χ0v) is 18.3. The third kappa shape index (κ3) is 5.20. The molecule has 0 atom stereocenters. The average Bonchev–Trinajstić information content (AvgIpc) is 3.23. The Bertz CT molecular complexity index is 1280. The van der Waals surface area contributed by atoms with E-state index in [0.717, 1.165) is 16.5 Å². The van der Waals surface area contributed by atoms with E-state index >= 15 is 0 Å². The number of anilines is 1. The number of nitrogens with zero attached hydrogens (tertiary/aromatic N) is 1. The SMILES string of the molecule is O=C(CNc1ccc2ccccc2c1)N/N=C/c1ccc(-c2cc(Cl)c(Cl)cc2Cl)o1. The maximum Gasteiger partial charge on any atom is 0.259 e. The van der Waals surface area contributed by atoms with Gasteiger partial charge >= 0.3 is 0 Å². The number of carbonyl (C=O) groups is 1. The van der Waals surface area contributed by atoms with E-state index < -0.39 is 0 Å². The second-order valence-electron chi connectivity index (χ2n) is 6.66. The molecule has 1 amide bonds. The molecule has 156 valence electrons. The van der Waals surface area contributed by atoms with Gasteiger partial charge in [-0.1, -0.05) is 65.1 Å². The van der Waals surface area contributed by atoms with Gasteiger partial charge in [0.1, 0.15) is 11.5 Å². The van der Waals surface area contributed by atoms with E-state index in [0.29, 0.717) is 32.2 Å². The molecule has 1 aromatic heterocycles. The Hall–Kier alpha value is -2.99. The Kier molecular flexibility index (Phi) is 6.47. The lowest BCUT2D eigenvalue weighted by Crippen LogP contribution is -2.25. The molecule has 2 N–H and O–H groups in total. The highest BCUT2D eigenvalue weighted by Crippen LogP contribution is 2.35. The molecule has 0 saturated heterocycles. The summed E-state index contributed by atoms with van der Waals surface area (Å²) in [5, 5.41) is 10.4. The van der Waals surface area contributed by atoms with E-state index in [-0.39, 0.29) is 12.5 Å². The maximum absolute atomic E-state index is 12.0. The Morgan fingerprint density at radius 2 is 1.68 bits per heavy atom. The van der Waals surface area contributed by atoms with Crippen LogP contribution in [0, 0.1) is 0 Å². The Labute approximate surface area is 193 Å². The van der Waals surface area contributed by atoms with Crippen LogP contribution in [0.15, 0.2) is 76.2 Å². The summed E-state index contributed by atoms with van der Waals surface area (Å²) in [5.74, 6) is 0.665. The van der Waals surface area contributed by atoms with Gasteiger partial charge in [0.2, 0.25) is 0 Å². The van der Waals surface area contributed by atoms with E-state index in [1.165, 1.54) is 6.21 Å². The molecule has 0 bridgehead atoms. The number of fused-ring (bicyclic) bond motifs is 1. The van der Waals surface area contributed by atoms with E-state index in [4.69, 9.17) is 39.2 Å². The van der Waals surface area contributed by atoms with Crippen LogP contribution in [0.4, 0.5) is 5.69 Å². The number of nitrogens with one attached hydrogen (secondary N) is 2. The first-order valence-electron chi connectivity index (χ1n) is 9.29. The van der Waals surface area contributed by atoms with Crippen molar-refractivity contribution < 1.29 is 9.21 Å². The minimum absolute atomic E-state index is 0.0813. The molecule has 0 spiro atoms. The van der Waals surface area contributed by atoms with Crippen LogP contribution in [0.25, 0.3) is 22.1 Å². The van der Waals surface area contributed by atoms with Crippen LogP contribution in [0.2, 0.25) is 15.1 Å². The Balaban J connectivity index is 1.33. The molecule has 0 unspecified atom stereocenters. The lowest BCUT2D eigenvalue weighted by molar-refractivity contribution is -0.119. The fourth-order valence-corrected chi connectivity index (χ4v) is 3.61. The lowest BCUT2D eigenvalue weighted by Gasteiger charge is -2.06. The molecule has 8 heteroatoms. The fourth-order valence-electron chi connectivity index (χ4n) is 2.97. The molecule has 0 aliphatic heterocycles. The number of furan rings is 1. The van der Waals surface area contributed by atoms with Gasteiger partial charge in [-0.05, 0) is 47.2 Å². The van der Waals surface area contributed by atoms with Crippen LogP contribution in [0.5, 0.6) is 0 Å². The van der Waals surface area contributed by atoms with Crippen molar-refractivity contribution in [2.45, 2.75) is 0 Å². The smallest absolute Gasteiger partial charge is 0.259 e. The Morgan fingerprint density at radius 3 is 2.52 bits per heavy atom. The monoisotopic (exact) mass is 471 g/mol. The van der Waals surface area contributed by atoms with Gasteiger partial charge in [-0.15, -0.1) is 0 Å². The van der Waals surface area contributed by atoms with Gasteiger partial charge in [0.25, 0.3) is 5.91 Å². The number of hydrazone groups is 1. The summed E-state index contributed by atoms with van der Waals surface area (Å²) < 4.78 is 5.69. The van der Waals surface area contributed by atoms with Crippen molar-refractivity contribution in [1.29, 1.82) is 0 Å². The van der Waals surface area contributed by atoms with Crippen molar-refractivity contribution in [3.63, 3.8) is 0 Å². The molecule has 0 aliphatic carbocycles. The van der Waals surface area contributed by atoms with Crippen molar-refractivity contribution in [3.8, 4) is 11.3 Å². The first kappa shape index (κ1) is 21.2. The van der Waals surface area contributed by atoms with Gasteiger partial charge in [0, 0.05) is 11.3 Å². The molecular weight excluding hydrogens is 457 g/mol. The van der Waals surface area contributed by atoms with Crippen molar-refractivity contribution in [2.75, 3.05) is 11.9 Å². The standard InChI is InChI=1S/C23H16Cl3N3O2/c24-19-11-21(26)20(25)10-18(19)22-8-7-17(31-22)12-28-29-23(30)13-27-16-6-5-14-3-1-2-4-15(14)9-16/h1-12,27H,13H2,(H,29,30)/b28-12+. The first-order valence-corrected chi connectivity index (χ1v) is 10.4. The van der Waals surface area contributed by atoms with Gasteiger partial charge in [-0.3, -0.25) is 4.79 Å². The first-order chi connectivity index (χ1) is 15.0. The summed E-state index contributed by atoms with van der Waals surface area (Å²) in [6, 6.07) is 20.6. The second-order valence-corrected chi connectivity index (χ2v) is 7.88. The van der Waals surface area contributed by atoms with E-state index in [9.17, 15) is 4.79 Å². The van der Waals surface area contributed by atoms with Gasteiger partial charge in [-0.2, -0.15) is 5.10 Å². The number of carbonyl (C=O) groups excluding carboxylic acids is 1. The minimum atomic E-state index is -0.288. The largest absolute Gasteiger partial charge is 0.455 e. The van der Waals surface area contributed by atoms with Crippen LogP contribution in [0.3, 0.4) is 0 Å². The van der Waals surface area contributed by atoms with Gasteiger partial charge in [0.15, 0.2) is 0 Å². The number of hydrogen-bond acceptors (Lipinski definition) is 4. The highest BCUT2D eigenvalue weighted by molar-refractivity contribution is 6.44. The predicted molar refractivity (Wildman–Crippen MR) is 127 cm³/mol. The van der Waals surface area contributed by atoms with Gasteiger partial charge < -0.3 is 9.73 Å². The molecule has 5 nitrogen and oxygen atoms in total. The molecule has 3 aromatic carbocycles. The number of rotatable bonds is 6. The molecule has 0 radical (unpaired) electrons. The lowest BCUT2D eigenvalue weighted by atomic mass is 10.1. The van der Waals surface area contributed by atoms with Gasteiger partial charge in [0.05, 0.1) is 27.8 Å². The molecule has 31 heavy (non-hydrogen) atoms. The molecule has 4 rings (SSSR count). The topological polar surface area (TPSA) is 66.6 Å². The molecule has 0 fully saturated rings. The number of benzene rings is 3. The van der Waals surface area contributed by atoms with Crippen molar-refractivity contribution in [3.05, 3.63) is 87.6 Å². The van der Waals surface area contributed by atoms with Crippen molar-refractivity contribution in [2.24, 2.45) is 5.10 Å². The van der Waals surface area contributed by atoms with Crippen molar-refractivity contribution >= 4 is 63.4 Å². The molecular formula is C23H16Cl3N3O2. The average molecular weight is 473 g/mol. The summed E-state index contributed by atoms with van der Waals surface area (Å²) in [5.41, 5.74) is 3.92. The second kappa shape index (κ2) is 9.43. The molecule has 4 aromatic rings. The number of hydrogen-bond donors (Lipinski definition) is 2. The van der Waals surface area contributed by atoms with Crippen LogP contribution in [-0.4, -0.2) is 18.7 Å². The highest BCUT2D eigenvalue weighted by atomic mass is 35.5. The number of amides is 1. The van der Waals surface area contributed by atoms with E-state index in [1.807, 2.05) is 42.5 Å². The van der Waals surface area contributed by atoms with Crippen LogP contribution < -0.4 is 10.7 Å². The van der Waals surface area contributed by atoms with Crippen molar-refractivity contribution in [1.82, 2.24) is 5.43 Å². The quantitative estimate of drug-likeness (QED) is 0.188. The molecule has 1 heterocycles. The van der Waals surface area contributed by atoms with Crippen LogP contribution in [-0.2, 0) is 4.79 Å². The summed E-state index contributed by atoms with van der Waals surface area (Å²) >= 11 is 18.2. The summed E-state index contributed by atoms with van der Waals surface area (Å²) in [7, 11) is 0. The minimum Gasteiger partial charge on any atom is -0.455 e. The third-order valence-electron chi connectivity index (χ3n) is 4.49.